The maximum Gasteiger partial charge on any atom is 0.205 e. The van der Waals surface area contributed by atoms with Gasteiger partial charge in [0.1, 0.15) is 23.1 Å². The molecule has 0 fully saturated rings. The highest BCUT2D eigenvalue weighted by atomic mass is 79.9. The van der Waals surface area contributed by atoms with Crippen LogP contribution in [0, 0.1) is 11.3 Å². The Kier molecular flexibility index (Phi) is 5.07. The van der Waals surface area contributed by atoms with Crippen molar-refractivity contribution in [2.75, 3.05) is 0 Å². The number of nitrogens with two attached hydrogens (primary N) is 1. The summed E-state index contributed by atoms with van der Waals surface area (Å²) in [5.41, 5.74) is 9.27. The number of phenols is 1. The number of phenolic OH excluding ortho intramolecular Hbond substituents is 1. The number of para-hydroxylation sites is 1. The second-order valence-corrected chi connectivity index (χ2v) is 7.43. The summed E-state index contributed by atoms with van der Waals surface area (Å²) in [6.07, 6.45) is 1.59. The number of fused-ring (bicyclic) bond motifs is 1. The number of hydrogen-bond donors (Lipinski definition) is 2. The average molecular weight is 446 g/mol. The Labute approximate surface area is 176 Å². The molecule has 0 aromatic heterocycles. The van der Waals surface area contributed by atoms with Gasteiger partial charge in [0.05, 0.1) is 11.6 Å². The number of hydrogen-bond acceptors (Lipinski definition) is 5. The van der Waals surface area contributed by atoms with Crippen molar-refractivity contribution in [3.63, 3.8) is 0 Å². The van der Waals surface area contributed by atoms with Gasteiger partial charge < -0.3 is 15.6 Å². The summed E-state index contributed by atoms with van der Waals surface area (Å²) < 4.78 is 6.57. The third kappa shape index (κ3) is 3.73. The fourth-order valence-corrected chi connectivity index (χ4v) is 3.54. The van der Waals surface area contributed by atoms with Gasteiger partial charge in [-0.25, -0.2) is 0 Å². The Morgan fingerprint density at radius 1 is 1.10 bits per heavy atom. The standard InChI is InChI=1S/C23H16BrN3O2/c24-16-8-6-14(7-9-16)22-18-10-15(13-27-17-4-2-1-3-5-17)20(28)11-21(18)29-23(26)19(22)12-25/h1-11,13,22,28H,26H2/t22-/m0/s1. The summed E-state index contributed by atoms with van der Waals surface area (Å²) in [5.74, 6) is 0.0781. The first-order chi connectivity index (χ1) is 14.1. The highest BCUT2D eigenvalue weighted by Gasteiger charge is 2.31. The Morgan fingerprint density at radius 3 is 2.52 bits per heavy atom. The van der Waals surface area contributed by atoms with Gasteiger partial charge in [-0.1, -0.05) is 46.3 Å². The van der Waals surface area contributed by atoms with E-state index in [-0.39, 0.29) is 11.6 Å². The summed E-state index contributed by atoms with van der Waals surface area (Å²) in [6.45, 7) is 0. The van der Waals surface area contributed by atoms with Crippen molar-refractivity contribution in [2.45, 2.75) is 5.92 Å². The first kappa shape index (κ1) is 18.8. The molecule has 0 spiro atoms. The molecule has 4 rings (SSSR count). The van der Waals surface area contributed by atoms with E-state index < -0.39 is 5.92 Å². The average Bonchev–Trinajstić information content (AvgIpc) is 2.73. The first-order valence-corrected chi connectivity index (χ1v) is 9.65. The molecule has 0 radical (unpaired) electrons. The van der Waals surface area contributed by atoms with Gasteiger partial charge in [-0.15, -0.1) is 0 Å². The van der Waals surface area contributed by atoms with Gasteiger partial charge in [0.2, 0.25) is 5.88 Å². The molecule has 3 aromatic rings. The lowest BCUT2D eigenvalue weighted by Gasteiger charge is -2.27. The molecular weight excluding hydrogens is 430 g/mol. The third-order valence-electron chi connectivity index (χ3n) is 4.68. The van der Waals surface area contributed by atoms with Crippen LogP contribution in [-0.4, -0.2) is 11.3 Å². The van der Waals surface area contributed by atoms with Crippen molar-refractivity contribution in [3.8, 4) is 17.6 Å². The minimum Gasteiger partial charge on any atom is -0.507 e. The number of halogens is 1. The van der Waals surface area contributed by atoms with Crippen LogP contribution in [0.1, 0.15) is 22.6 Å². The highest BCUT2D eigenvalue weighted by Crippen LogP contribution is 2.44. The van der Waals surface area contributed by atoms with E-state index in [1.807, 2.05) is 54.6 Å². The summed E-state index contributed by atoms with van der Waals surface area (Å²) in [7, 11) is 0. The van der Waals surface area contributed by atoms with Gasteiger partial charge in [-0.3, -0.25) is 4.99 Å². The Balaban J connectivity index is 1.83. The smallest absolute Gasteiger partial charge is 0.205 e. The number of allylic oxidation sites excluding steroid dienone is 1. The highest BCUT2D eigenvalue weighted by molar-refractivity contribution is 9.10. The molecule has 0 saturated heterocycles. The molecule has 0 amide bonds. The van der Waals surface area contributed by atoms with E-state index >= 15 is 0 Å². The monoisotopic (exact) mass is 445 g/mol. The Morgan fingerprint density at radius 2 is 1.83 bits per heavy atom. The molecule has 1 aliphatic rings. The number of rotatable bonds is 3. The summed E-state index contributed by atoms with van der Waals surface area (Å²) in [6, 6.07) is 22.6. The first-order valence-electron chi connectivity index (χ1n) is 8.86. The lowest BCUT2D eigenvalue weighted by atomic mass is 9.83. The predicted octanol–water partition coefficient (Wildman–Crippen LogP) is 5.12. The number of nitriles is 1. The number of benzene rings is 3. The lowest BCUT2D eigenvalue weighted by Crippen LogP contribution is -2.21. The normalized spacial score (nSPS) is 15.7. The number of nitrogens with zero attached hydrogens (tertiary/aromatic N) is 2. The van der Waals surface area contributed by atoms with Crippen LogP contribution in [0.4, 0.5) is 5.69 Å². The van der Waals surface area contributed by atoms with Crippen molar-refractivity contribution in [1.82, 2.24) is 0 Å². The van der Waals surface area contributed by atoms with Gasteiger partial charge in [-0.05, 0) is 35.9 Å². The molecule has 29 heavy (non-hydrogen) atoms. The van der Waals surface area contributed by atoms with E-state index in [2.05, 4.69) is 27.0 Å². The molecule has 3 aromatic carbocycles. The lowest BCUT2D eigenvalue weighted by molar-refractivity contribution is 0.388. The predicted molar refractivity (Wildman–Crippen MR) is 115 cm³/mol. The Hall–Kier alpha value is -3.56. The van der Waals surface area contributed by atoms with Crippen molar-refractivity contribution in [3.05, 3.63) is 99.3 Å². The molecular formula is C23H16BrN3O2. The van der Waals surface area contributed by atoms with Crippen molar-refractivity contribution in [1.29, 1.82) is 5.26 Å². The van der Waals surface area contributed by atoms with E-state index in [1.54, 1.807) is 12.3 Å². The van der Waals surface area contributed by atoms with Gasteiger partial charge in [0.25, 0.3) is 0 Å². The van der Waals surface area contributed by atoms with E-state index in [9.17, 15) is 10.4 Å². The summed E-state index contributed by atoms with van der Waals surface area (Å²) in [5, 5.41) is 20.1. The van der Waals surface area contributed by atoms with Gasteiger partial charge in [0, 0.05) is 27.9 Å². The quantitative estimate of drug-likeness (QED) is 0.546. The summed E-state index contributed by atoms with van der Waals surface area (Å²) >= 11 is 3.43. The van der Waals surface area contributed by atoms with Crippen molar-refractivity contribution in [2.24, 2.45) is 10.7 Å². The molecule has 0 bridgehead atoms. The van der Waals surface area contributed by atoms with E-state index in [0.29, 0.717) is 16.9 Å². The zero-order chi connectivity index (χ0) is 20.4. The molecule has 0 aliphatic carbocycles. The van der Waals surface area contributed by atoms with Crippen molar-refractivity contribution >= 4 is 27.8 Å². The second kappa shape index (κ2) is 7.82. The van der Waals surface area contributed by atoms with Crippen LogP contribution in [0.25, 0.3) is 0 Å². The van der Waals surface area contributed by atoms with Gasteiger partial charge in [0.15, 0.2) is 0 Å². The van der Waals surface area contributed by atoms with E-state index in [0.717, 1.165) is 21.3 Å². The third-order valence-corrected chi connectivity index (χ3v) is 5.21. The fraction of sp³-hybridized carbons (Fsp3) is 0.0435. The minimum atomic E-state index is -0.402. The maximum absolute atomic E-state index is 10.4. The van der Waals surface area contributed by atoms with Crippen LogP contribution in [0.15, 0.2) is 87.7 Å². The van der Waals surface area contributed by atoms with E-state index in [1.165, 1.54) is 6.07 Å². The van der Waals surface area contributed by atoms with Crippen molar-refractivity contribution < 1.29 is 9.84 Å². The Bertz CT molecular complexity index is 1160. The SMILES string of the molecule is N#CC1=C(N)Oc2cc(O)c(C=Nc3ccccc3)cc2[C@@H]1c1ccc(Br)cc1. The number of aliphatic imine (C=N–C) groups is 1. The minimum absolute atomic E-state index is 0.0196. The summed E-state index contributed by atoms with van der Waals surface area (Å²) in [4.78, 5) is 4.42. The molecule has 0 saturated carbocycles. The number of ether oxygens (including phenoxy) is 1. The van der Waals surface area contributed by atoms with Gasteiger partial charge in [-0.2, -0.15) is 5.26 Å². The van der Waals surface area contributed by atoms with Crippen LogP contribution < -0.4 is 10.5 Å². The molecule has 1 aliphatic heterocycles. The second-order valence-electron chi connectivity index (χ2n) is 6.52. The van der Waals surface area contributed by atoms with E-state index in [4.69, 9.17) is 10.5 Å². The van der Waals surface area contributed by atoms with Gasteiger partial charge >= 0.3 is 0 Å². The number of aromatic hydroxyl groups is 1. The fourth-order valence-electron chi connectivity index (χ4n) is 3.27. The molecule has 6 heteroatoms. The molecule has 142 valence electrons. The molecule has 3 N–H and O–H groups in total. The van der Waals surface area contributed by atoms with Crippen LogP contribution in [0.2, 0.25) is 0 Å². The van der Waals surface area contributed by atoms with Crippen LogP contribution in [0.3, 0.4) is 0 Å². The molecule has 1 atom stereocenters. The maximum atomic E-state index is 10.4. The van der Waals surface area contributed by atoms with Crippen LogP contribution in [-0.2, 0) is 0 Å². The molecule has 5 nitrogen and oxygen atoms in total. The molecule has 0 unspecified atom stereocenters. The largest absolute Gasteiger partial charge is 0.507 e. The zero-order valence-electron chi connectivity index (χ0n) is 15.2. The zero-order valence-corrected chi connectivity index (χ0v) is 16.8. The topological polar surface area (TPSA) is 91.6 Å². The van der Waals surface area contributed by atoms with Crippen LogP contribution in [0.5, 0.6) is 11.5 Å². The molecule has 1 heterocycles. The van der Waals surface area contributed by atoms with Crippen LogP contribution >= 0.6 is 15.9 Å².